The third-order valence-corrected chi connectivity index (χ3v) is 2.07. The molecular formula is C11H23NO3. The molecule has 0 aromatic heterocycles. The molecule has 90 valence electrons. The number of esters is 1. The third-order valence-electron chi connectivity index (χ3n) is 2.07. The number of likely N-dealkylation sites (N-methyl/N-ethyl adjacent to an activating group) is 1. The Morgan fingerprint density at radius 3 is 2.40 bits per heavy atom. The van der Waals surface area contributed by atoms with Crippen molar-refractivity contribution < 1.29 is 14.3 Å². The number of carbonyl (C=O) groups is 1. The third kappa shape index (κ3) is 6.47. The molecule has 1 N–H and O–H groups in total. The van der Waals surface area contributed by atoms with Crippen LogP contribution in [0.15, 0.2) is 0 Å². The summed E-state index contributed by atoms with van der Waals surface area (Å²) in [6, 6.07) is 0. The Kier molecular flexibility index (Phi) is 7.34. The Hall–Kier alpha value is -0.610. The van der Waals surface area contributed by atoms with Gasteiger partial charge in [-0.3, -0.25) is 4.79 Å². The fourth-order valence-corrected chi connectivity index (χ4v) is 1.45. The van der Waals surface area contributed by atoms with E-state index >= 15 is 0 Å². The zero-order valence-corrected chi connectivity index (χ0v) is 10.3. The quantitative estimate of drug-likeness (QED) is 0.623. The largest absolute Gasteiger partial charge is 0.466 e. The van der Waals surface area contributed by atoms with Gasteiger partial charge in [0.2, 0.25) is 0 Å². The second-order valence-corrected chi connectivity index (χ2v) is 3.71. The normalized spacial score (nSPS) is 14.7. The van der Waals surface area contributed by atoms with E-state index in [4.69, 9.17) is 9.47 Å². The molecule has 0 rings (SSSR count). The van der Waals surface area contributed by atoms with Crippen LogP contribution in [0.1, 0.15) is 34.1 Å². The van der Waals surface area contributed by atoms with Gasteiger partial charge in [-0.05, 0) is 27.3 Å². The zero-order chi connectivity index (χ0) is 11.7. The minimum absolute atomic E-state index is 0.180. The van der Waals surface area contributed by atoms with E-state index in [-0.39, 0.29) is 11.5 Å². The van der Waals surface area contributed by atoms with E-state index in [2.05, 4.69) is 5.32 Å². The van der Waals surface area contributed by atoms with Crippen molar-refractivity contribution in [2.45, 2.75) is 39.7 Å². The van der Waals surface area contributed by atoms with Crippen LogP contribution in [0.25, 0.3) is 0 Å². The van der Waals surface area contributed by atoms with Gasteiger partial charge in [0.05, 0.1) is 19.6 Å². The lowest BCUT2D eigenvalue weighted by Gasteiger charge is -2.29. The number of hydrogen-bond donors (Lipinski definition) is 1. The van der Waals surface area contributed by atoms with E-state index < -0.39 is 0 Å². The first-order valence-corrected chi connectivity index (χ1v) is 5.56. The van der Waals surface area contributed by atoms with Crippen LogP contribution in [0.2, 0.25) is 0 Å². The summed E-state index contributed by atoms with van der Waals surface area (Å²) in [7, 11) is 0. The van der Waals surface area contributed by atoms with Gasteiger partial charge in [-0.25, -0.2) is 0 Å². The van der Waals surface area contributed by atoms with Crippen LogP contribution in [-0.2, 0) is 14.3 Å². The average molecular weight is 217 g/mol. The van der Waals surface area contributed by atoms with Crippen LogP contribution >= 0.6 is 0 Å². The first kappa shape index (κ1) is 14.4. The van der Waals surface area contributed by atoms with Crippen molar-refractivity contribution in [3.8, 4) is 0 Å². The molecule has 0 spiro atoms. The summed E-state index contributed by atoms with van der Waals surface area (Å²) < 4.78 is 10.3. The van der Waals surface area contributed by atoms with Gasteiger partial charge in [-0.1, -0.05) is 6.92 Å². The minimum atomic E-state index is -0.322. The van der Waals surface area contributed by atoms with Gasteiger partial charge in [0, 0.05) is 12.1 Å². The Bertz CT molecular complexity index is 185. The van der Waals surface area contributed by atoms with E-state index in [0.29, 0.717) is 26.2 Å². The monoisotopic (exact) mass is 217 g/mol. The molecule has 0 aliphatic rings. The van der Waals surface area contributed by atoms with Crippen molar-refractivity contribution in [3.05, 3.63) is 0 Å². The minimum Gasteiger partial charge on any atom is -0.466 e. The van der Waals surface area contributed by atoms with Crippen LogP contribution in [0.3, 0.4) is 0 Å². The van der Waals surface area contributed by atoms with Crippen molar-refractivity contribution in [2.75, 3.05) is 26.4 Å². The molecule has 15 heavy (non-hydrogen) atoms. The van der Waals surface area contributed by atoms with Gasteiger partial charge in [-0.2, -0.15) is 0 Å². The molecule has 0 aromatic rings. The summed E-state index contributed by atoms with van der Waals surface area (Å²) >= 11 is 0. The standard InChI is InChI=1S/C11H23NO3/c1-5-12-11(4,9-14-6-2)8-10(13)15-7-3/h12H,5-9H2,1-4H3. The summed E-state index contributed by atoms with van der Waals surface area (Å²) in [6.07, 6.45) is 0.342. The van der Waals surface area contributed by atoms with Crippen LogP contribution in [0.4, 0.5) is 0 Å². The van der Waals surface area contributed by atoms with Crippen molar-refractivity contribution in [3.63, 3.8) is 0 Å². The molecule has 0 amide bonds. The lowest BCUT2D eigenvalue weighted by molar-refractivity contribution is -0.145. The molecule has 1 atom stereocenters. The summed E-state index contributed by atoms with van der Waals surface area (Å²) in [5.41, 5.74) is -0.322. The molecule has 4 nitrogen and oxygen atoms in total. The van der Waals surface area contributed by atoms with Crippen molar-refractivity contribution in [1.82, 2.24) is 5.32 Å². The van der Waals surface area contributed by atoms with Crippen LogP contribution in [0.5, 0.6) is 0 Å². The molecule has 4 heteroatoms. The fourth-order valence-electron chi connectivity index (χ4n) is 1.45. The molecule has 0 bridgehead atoms. The second-order valence-electron chi connectivity index (χ2n) is 3.71. The highest BCUT2D eigenvalue weighted by Gasteiger charge is 2.27. The Morgan fingerprint density at radius 2 is 1.93 bits per heavy atom. The smallest absolute Gasteiger partial charge is 0.307 e. The Balaban J connectivity index is 4.16. The summed E-state index contributed by atoms with van der Waals surface area (Å²) in [5.74, 6) is -0.180. The zero-order valence-electron chi connectivity index (χ0n) is 10.3. The average Bonchev–Trinajstić information content (AvgIpc) is 2.15. The van der Waals surface area contributed by atoms with Crippen molar-refractivity contribution in [1.29, 1.82) is 0 Å². The number of hydrogen-bond acceptors (Lipinski definition) is 4. The molecular weight excluding hydrogens is 194 g/mol. The maximum absolute atomic E-state index is 11.4. The van der Waals surface area contributed by atoms with E-state index in [1.165, 1.54) is 0 Å². The topological polar surface area (TPSA) is 47.6 Å². The molecule has 0 aliphatic heterocycles. The second kappa shape index (κ2) is 7.65. The van der Waals surface area contributed by atoms with Crippen LogP contribution in [-0.4, -0.2) is 37.9 Å². The van der Waals surface area contributed by atoms with Crippen molar-refractivity contribution >= 4 is 5.97 Å². The molecule has 1 unspecified atom stereocenters. The Morgan fingerprint density at radius 1 is 1.27 bits per heavy atom. The summed E-state index contributed by atoms with van der Waals surface area (Å²) in [6.45, 7) is 10.2. The van der Waals surface area contributed by atoms with E-state index in [9.17, 15) is 4.79 Å². The van der Waals surface area contributed by atoms with Gasteiger partial charge in [0.25, 0.3) is 0 Å². The Labute approximate surface area is 92.3 Å². The first-order valence-electron chi connectivity index (χ1n) is 5.56. The SMILES string of the molecule is CCNC(C)(COCC)CC(=O)OCC. The number of nitrogens with one attached hydrogen (secondary N) is 1. The maximum atomic E-state index is 11.4. The van der Waals surface area contributed by atoms with E-state index in [1.54, 1.807) is 0 Å². The van der Waals surface area contributed by atoms with E-state index in [1.807, 2.05) is 27.7 Å². The van der Waals surface area contributed by atoms with E-state index in [0.717, 1.165) is 6.54 Å². The number of carbonyl (C=O) groups excluding carboxylic acids is 1. The lowest BCUT2D eigenvalue weighted by atomic mass is 9.99. The molecule has 0 aromatic carbocycles. The molecule has 0 fully saturated rings. The highest BCUT2D eigenvalue weighted by molar-refractivity contribution is 5.70. The maximum Gasteiger partial charge on any atom is 0.307 e. The van der Waals surface area contributed by atoms with Gasteiger partial charge >= 0.3 is 5.97 Å². The van der Waals surface area contributed by atoms with Gasteiger partial charge in [0.15, 0.2) is 0 Å². The fraction of sp³-hybridized carbons (Fsp3) is 0.909. The van der Waals surface area contributed by atoms with Crippen molar-refractivity contribution in [2.24, 2.45) is 0 Å². The molecule has 0 saturated carbocycles. The van der Waals surface area contributed by atoms with Gasteiger partial charge < -0.3 is 14.8 Å². The first-order chi connectivity index (χ1) is 7.08. The molecule has 0 aliphatic carbocycles. The molecule has 0 radical (unpaired) electrons. The van der Waals surface area contributed by atoms with Gasteiger partial charge in [0.1, 0.15) is 0 Å². The highest BCUT2D eigenvalue weighted by Crippen LogP contribution is 2.11. The number of ether oxygens (including phenoxy) is 2. The predicted molar refractivity (Wildman–Crippen MR) is 59.8 cm³/mol. The molecule has 0 saturated heterocycles. The van der Waals surface area contributed by atoms with Gasteiger partial charge in [-0.15, -0.1) is 0 Å². The number of rotatable bonds is 8. The lowest BCUT2D eigenvalue weighted by Crippen LogP contribution is -2.48. The molecule has 0 heterocycles. The summed E-state index contributed by atoms with van der Waals surface area (Å²) in [4.78, 5) is 11.4. The highest BCUT2D eigenvalue weighted by atomic mass is 16.5. The van der Waals surface area contributed by atoms with Crippen LogP contribution < -0.4 is 5.32 Å². The van der Waals surface area contributed by atoms with Crippen LogP contribution in [0, 0.1) is 0 Å². The summed E-state index contributed by atoms with van der Waals surface area (Å²) in [5, 5.41) is 3.26. The predicted octanol–water partition coefficient (Wildman–Crippen LogP) is 1.34.